The van der Waals surface area contributed by atoms with Crippen LogP contribution in [0.25, 0.3) is 0 Å². The minimum absolute atomic E-state index is 0. The van der Waals surface area contributed by atoms with Gasteiger partial charge in [0.15, 0.2) is 0 Å². The molecule has 0 spiro atoms. The molecule has 2 rings (SSSR count). The molecule has 0 unspecified atom stereocenters. The minimum Gasteiger partial charge on any atom is -0.496 e. The zero-order valence-electron chi connectivity index (χ0n) is 28.6. The number of rotatable bonds is 29. The predicted molar refractivity (Wildman–Crippen MR) is 216 cm³/mol. The van der Waals surface area contributed by atoms with Gasteiger partial charge >= 0.3 is 0 Å². The van der Waals surface area contributed by atoms with E-state index in [0.717, 1.165) is 37.7 Å². The van der Waals surface area contributed by atoms with Gasteiger partial charge in [-0.15, -0.1) is 49.6 Å². The first-order valence-corrected chi connectivity index (χ1v) is 16.9. The summed E-state index contributed by atoms with van der Waals surface area (Å²) in [5.41, 5.74) is 2.47. The zero-order chi connectivity index (χ0) is 29.8. The number of unbranched alkanes of at least 4 members (excludes halogenated alkanes) is 11. The van der Waals surface area contributed by atoms with Gasteiger partial charge in [-0.3, -0.25) is 0 Å². The molecule has 6 nitrogen and oxygen atoms in total. The van der Waals surface area contributed by atoms with Crippen molar-refractivity contribution >= 4 is 49.6 Å². The van der Waals surface area contributed by atoms with Gasteiger partial charge in [-0.1, -0.05) is 95.2 Å². The van der Waals surface area contributed by atoms with E-state index in [1.165, 1.54) is 127 Å². The molecule has 10 heteroatoms. The van der Waals surface area contributed by atoms with E-state index in [0.29, 0.717) is 0 Å². The number of hydrogen-bond donors (Lipinski definition) is 4. The maximum Gasteiger partial charge on any atom is 0.123 e. The van der Waals surface area contributed by atoms with Gasteiger partial charge in [0.1, 0.15) is 11.5 Å². The maximum atomic E-state index is 5.41. The molecule has 0 aromatic heterocycles. The third-order valence-electron chi connectivity index (χ3n) is 7.89. The van der Waals surface area contributed by atoms with Crippen molar-refractivity contribution in [3.05, 3.63) is 59.7 Å². The summed E-state index contributed by atoms with van der Waals surface area (Å²) in [6, 6.07) is 16.5. The summed E-state index contributed by atoms with van der Waals surface area (Å²) in [4.78, 5) is 0. The molecule has 2 aromatic carbocycles. The van der Waals surface area contributed by atoms with Crippen molar-refractivity contribution in [1.82, 2.24) is 21.3 Å². The Kier molecular flexibility index (Phi) is 44.4. The lowest BCUT2D eigenvalue weighted by molar-refractivity contribution is 0.407. The predicted octanol–water partition coefficient (Wildman–Crippen LogP) is 9.55. The molecule has 2 aromatic rings. The molecule has 0 atom stereocenters. The average Bonchev–Trinajstić information content (AvgIpc) is 3.03. The topological polar surface area (TPSA) is 66.6 Å². The fraction of sp³-hybridized carbons (Fsp3) is 0.676. The van der Waals surface area contributed by atoms with Crippen LogP contribution in [0.2, 0.25) is 0 Å². The molecule has 0 saturated carbocycles. The lowest BCUT2D eigenvalue weighted by Gasteiger charge is -2.09. The van der Waals surface area contributed by atoms with E-state index in [9.17, 15) is 0 Å². The van der Waals surface area contributed by atoms with Gasteiger partial charge in [0.2, 0.25) is 0 Å². The van der Waals surface area contributed by atoms with E-state index in [1.807, 2.05) is 24.3 Å². The Morgan fingerprint density at radius 2 is 0.638 bits per heavy atom. The third-order valence-corrected chi connectivity index (χ3v) is 7.89. The molecule has 0 saturated heterocycles. The van der Waals surface area contributed by atoms with Crippen LogP contribution in [0.4, 0.5) is 0 Å². The van der Waals surface area contributed by atoms with Gasteiger partial charge in [0, 0.05) is 24.2 Å². The first-order valence-electron chi connectivity index (χ1n) is 16.9. The lowest BCUT2D eigenvalue weighted by Crippen LogP contribution is -2.17. The van der Waals surface area contributed by atoms with Crippen LogP contribution in [-0.4, -0.2) is 53.5 Å². The maximum absolute atomic E-state index is 5.41. The van der Waals surface area contributed by atoms with Crippen LogP contribution in [-0.2, 0) is 13.1 Å². The smallest absolute Gasteiger partial charge is 0.123 e. The molecule has 0 aliphatic carbocycles. The highest BCUT2D eigenvalue weighted by Crippen LogP contribution is 2.17. The lowest BCUT2D eigenvalue weighted by atomic mass is 10.1. The molecule has 0 bridgehead atoms. The molecular weight excluding hydrogens is 674 g/mol. The van der Waals surface area contributed by atoms with Gasteiger partial charge < -0.3 is 30.7 Å². The number of ether oxygens (including phenoxy) is 2. The molecule has 0 aliphatic rings. The molecule has 0 fully saturated rings. The van der Waals surface area contributed by atoms with Crippen LogP contribution in [0.1, 0.15) is 108 Å². The molecule has 278 valence electrons. The standard InChI is InChI=1S/C36H62N4O2.CH4.4ClH/c1-41-35-23-13-11-21-33(35)31-39-29-19-9-7-17-27-37-25-15-5-3-4-6-16-26-38-28-18-8-10-20-30-40-32-34-22-12-14-24-36(34)42-2;;;;;/h11-14,21-24,37-40H,3-10,15-20,25-32H2,1-2H3;1H4;4*1H. The monoisotopic (exact) mass is 742 g/mol. The molecule has 0 aliphatic heterocycles. The Balaban J connectivity index is -0.00000185. The van der Waals surface area contributed by atoms with Crippen molar-refractivity contribution in [1.29, 1.82) is 0 Å². The minimum atomic E-state index is 0. The normalized spacial score (nSPS) is 10.0. The summed E-state index contributed by atoms with van der Waals surface area (Å²) in [5.74, 6) is 1.95. The molecule has 47 heavy (non-hydrogen) atoms. The summed E-state index contributed by atoms with van der Waals surface area (Å²) >= 11 is 0. The summed E-state index contributed by atoms with van der Waals surface area (Å²) in [7, 11) is 3.48. The third kappa shape index (κ3) is 28.6. The van der Waals surface area contributed by atoms with Gasteiger partial charge in [-0.2, -0.15) is 0 Å². The Morgan fingerprint density at radius 3 is 0.936 bits per heavy atom. The Bertz CT molecular complexity index is 827. The van der Waals surface area contributed by atoms with Crippen LogP contribution in [0.3, 0.4) is 0 Å². The number of benzene rings is 2. The van der Waals surface area contributed by atoms with Crippen molar-refractivity contribution in [3.8, 4) is 11.5 Å². The average molecular weight is 745 g/mol. The van der Waals surface area contributed by atoms with Gasteiger partial charge in [-0.25, -0.2) is 0 Å². The largest absolute Gasteiger partial charge is 0.496 e. The highest BCUT2D eigenvalue weighted by molar-refractivity contribution is 5.86. The van der Waals surface area contributed by atoms with Gasteiger partial charge in [0.25, 0.3) is 0 Å². The van der Waals surface area contributed by atoms with E-state index in [4.69, 9.17) is 9.47 Å². The number of hydrogen-bond acceptors (Lipinski definition) is 6. The summed E-state index contributed by atoms with van der Waals surface area (Å²) < 4.78 is 10.8. The fourth-order valence-electron chi connectivity index (χ4n) is 5.31. The molecule has 0 heterocycles. The van der Waals surface area contributed by atoms with Crippen molar-refractivity contribution in [2.24, 2.45) is 0 Å². The number of para-hydroxylation sites is 2. The van der Waals surface area contributed by atoms with Crippen LogP contribution in [0.5, 0.6) is 11.5 Å². The van der Waals surface area contributed by atoms with Crippen LogP contribution >= 0.6 is 49.6 Å². The van der Waals surface area contributed by atoms with Crippen molar-refractivity contribution in [3.63, 3.8) is 0 Å². The quantitative estimate of drug-likeness (QED) is 0.0623. The number of halogens is 4. The van der Waals surface area contributed by atoms with Gasteiger partial charge in [-0.05, 0) is 89.9 Å². The zero-order valence-corrected chi connectivity index (χ0v) is 31.9. The van der Waals surface area contributed by atoms with E-state index in [-0.39, 0.29) is 57.1 Å². The van der Waals surface area contributed by atoms with Crippen molar-refractivity contribution in [2.45, 2.75) is 110 Å². The second kappa shape index (κ2) is 39.5. The second-order valence-corrected chi connectivity index (χ2v) is 11.4. The van der Waals surface area contributed by atoms with E-state index in [1.54, 1.807) is 14.2 Å². The Hall–Kier alpha value is -0.960. The SMILES string of the molecule is C.COc1ccccc1CNCCCCCCNCCCCCCCCNCCCCCCNCc1ccccc1OC.Cl.Cl.Cl.Cl. The highest BCUT2D eigenvalue weighted by Gasteiger charge is 2.01. The molecule has 0 radical (unpaired) electrons. The molecule has 4 N–H and O–H groups in total. The Labute approximate surface area is 314 Å². The summed E-state index contributed by atoms with van der Waals surface area (Å²) in [6.45, 7) is 8.62. The summed E-state index contributed by atoms with van der Waals surface area (Å²) in [6.07, 6.45) is 18.5. The van der Waals surface area contributed by atoms with Crippen LogP contribution < -0.4 is 30.7 Å². The van der Waals surface area contributed by atoms with Crippen LogP contribution in [0.15, 0.2) is 48.5 Å². The number of nitrogens with one attached hydrogen (secondary N) is 4. The number of methoxy groups -OCH3 is 2. The first-order chi connectivity index (χ1) is 20.8. The van der Waals surface area contributed by atoms with E-state index in [2.05, 4.69) is 45.5 Å². The Morgan fingerprint density at radius 1 is 0.383 bits per heavy atom. The fourth-order valence-corrected chi connectivity index (χ4v) is 5.31. The van der Waals surface area contributed by atoms with Crippen LogP contribution in [0, 0.1) is 0 Å². The molecule has 0 amide bonds. The highest BCUT2D eigenvalue weighted by atomic mass is 35.5. The van der Waals surface area contributed by atoms with Crippen molar-refractivity contribution in [2.75, 3.05) is 53.5 Å². The van der Waals surface area contributed by atoms with E-state index >= 15 is 0 Å². The first kappa shape index (κ1) is 52.8. The van der Waals surface area contributed by atoms with Crippen molar-refractivity contribution < 1.29 is 9.47 Å². The van der Waals surface area contributed by atoms with E-state index < -0.39 is 0 Å². The summed E-state index contributed by atoms with van der Waals surface area (Å²) in [5, 5.41) is 14.4. The van der Waals surface area contributed by atoms with Gasteiger partial charge in [0.05, 0.1) is 14.2 Å². The second-order valence-electron chi connectivity index (χ2n) is 11.4. The molecular formula is C37H70Cl4N4O2.